The molecule has 134 valence electrons. The smallest absolute Gasteiger partial charge is 0.261 e. The summed E-state index contributed by atoms with van der Waals surface area (Å²) < 4.78 is 5.61. The van der Waals surface area contributed by atoms with Crippen LogP contribution in [0.15, 0.2) is 0 Å². The van der Waals surface area contributed by atoms with Crippen LogP contribution in [0.3, 0.4) is 0 Å². The van der Waals surface area contributed by atoms with Crippen molar-refractivity contribution in [2.24, 2.45) is 5.92 Å². The van der Waals surface area contributed by atoms with Gasteiger partial charge >= 0.3 is 0 Å². The van der Waals surface area contributed by atoms with E-state index in [0.717, 1.165) is 57.7 Å². The van der Waals surface area contributed by atoms with E-state index in [1.54, 1.807) is 0 Å². The van der Waals surface area contributed by atoms with Gasteiger partial charge in [-0.15, -0.1) is 11.3 Å². The Morgan fingerprint density at radius 3 is 2.76 bits per heavy atom. The molecule has 2 saturated carbocycles. The fraction of sp³-hybridized carbons (Fsp3) is 0.632. The Hall–Kier alpha value is -1.53. The van der Waals surface area contributed by atoms with E-state index in [1.165, 1.54) is 37.0 Å². The molecule has 2 aromatic heterocycles. The Kier molecular flexibility index (Phi) is 4.73. The number of fused-ring (bicyclic) bond motifs is 1. The number of nitrogens with one attached hydrogen (secondary N) is 1. The molecule has 0 aromatic carbocycles. The molecular formula is C19H25N3O2S. The van der Waals surface area contributed by atoms with Crippen LogP contribution in [-0.4, -0.2) is 35.6 Å². The van der Waals surface area contributed by atoms with Gasteiger partial charge < -0.3 is 10.1 Å². The van der Waals surface area contributed by atoms with Gasteiger partial charge in [0.1, 0.15) is 10.7 Å². The van der Waals surface area contributed by atoms with E-state index in [1.807, 2.05) is 13.8 Å². The summed E-state index contributed by atoms with van der Waals surface area (Å²) in [6, 6.07) is 0. The molecule has 6 heteroatoms. The van der Waals surface area contributed by atoms with E-state index in [9.17, 15) is 4.79 Å². The predicted molar refractivity (Wildman–Crippen MR) is 99.4 cm³/mol. The zero-order valence-corrected chi connectivity index (χ0v) is 15.7. The van der Waals surface area contributed by atoms with Crippen molar-refractivity contribution in [3.05, 3.63) is 22.0 Å². The van der Waals surface area contributed by atoms with Crippen LogP contribution in [0.5, 0.6) is 0 Å². The topological polar surface area (TPSA) is 64.1 Å². The number of hydrogen-bond donors (Lipinski definition) is 1. The summed E-state index contributed by atoms with van der Waals surface area (Å²) in [5.74, 6) is 2.26. The number of ether oxygens (including phenoxy) is 1. The number of amides is 1. The first-order valence-corrected chi connectivity index (χ1v) is 10.1. The maximum atomic E-state index is 12.5. The van der Waals surface area contributed by atoms with Gasteiger partial charge in [-0.05, 0) is 57.4 Å². The lowest BCUT2D eigenvalue weighted by molar-refractivity contribution is 0.0941. The van der Waals surface area contributed by atoms with Crippen molar-refractivity contribution < 1.29 is 9.53 Å². The van der Waals surface area contributed by atoms with Crippen LogP contribution in [0, 0.1) is 19.8 Å². The van der Waals surface area contributed by atoms with Crippen LogP contribution < -0.4 is 5.32 Å². The number of aromatic nitrogens is 2. The molecule has 0 spiro atoms. The van der Waals surface area contributed by atoms with Crippen LogP contribution >= 0.6 is 11.3 Å². The Balaban J connectivity index is 1.38. The molecule has 0 unspecified atom stereocenters. The fourth-order valence-electron chi connectivity index (χ4n) is 3.09. The van der Waals surface area contributed by atoms with E-state index in [-0.39, 0.29) is 5.91 Å². The molecular weight excluding hydrogens is 334 g/mol. The summed E-state index contributed by atoms with van der Waals surface area (Å²) in [6.45, 7) is 6.27. The van der Waals surface area contributed by atoms with Gasteiger partial charge in [-0.2, -0.15) is 0 Å². The van der Waals surface area contributed by atoms with Crippen molar-refractivity contribution in [3.63, 3.8) is 0 Å². The molecule has 2 aromatic rings. The van der Waals surface area contributed by atoms with Crippen LogP contribution in [-0.2, 0) is 4.74 Å². The van der Waals surface area contributed by atoms with Gasteiger partial charge in [0.05, 0.1) is 10.6 Å². The molecule has 2 heterocycles. The summed E-state index contributed by atoms with van der Waals surface area (Å²) >= 11 is 1.49. The Labute approximate surface area is 152 Å². The highest BCUT2D eigenvalue weighted by Gasteiger charge is 2.28. The Bertz CT molecular complexity index is 794. The van der Waals surface area contributed by atoms with E-state index in [0.29, 0.717) is 12.5 Å². The third-order valence-electron chi connectivity index (χ3n) is 4.94. The number of aryl methyl sites for hydroxylation is 2. The molecule has 2 aliphatic rings. The Morgan fingerprint density at radius 2 is 2.04 bits per heavy atom. The highest BCUT2D eigenvalue weighted by atomic mass is 32.1. The van der Waals surface area contributed by atoms with E-state index in [2.05, 4.69) is 10.3 Å². The van der Waals surface area contributed by atoms with Gasteiger partial charge in [-0.25, -0.2) is 9.97 Å². The predicted octanol–water partition coefficient (Wildman–Crippen LogP) is 3.73. The first-order chi connectivity index (χ1) is 12.1. The minimum absolute atomic E-state index is 0.00457. The standard InChI is InChI=1S/C19H25N3O2S/c1-11-15-12(2)21-17(14-6-7-14)22-19(15)25-16(11)18(23)20-8-3-9-24-10-13-4-5-13/h13-14H,3-10H2,1-2H3,(H,20,23). The fourth-order valence-corrected chi connectivity index (χ4v) is 4.25. The number of carbonyl (C=O) groups is 1. The number of rotatable bonds is 8. The molecule has 2 aliphatic carbocycles. The summed E-state index contributed by atoms with van der Waals surface area (Å²) in [5, 5.41) is 4.07. The summed E-state index contributed by atoms with van der Waals surface area (Å²) in [6.07, 6.45) is 5.85. The summed E-state index contributed by atoms with van der Waals surface area (Å²) in [4.78, 5) is 23.6. The molecule has 0 aliphatic heterocycles. The highest BCUT2D eigenvalue weighted by Crippen LogP contribution is 2.40. The zero-order valence-electron chi connectivity index (χ0n) is 14.9. The van der Waals surface area contributed by atoms with Gasteiger partial charge in [0.15, 0.2) is 0 Å². The van der Waals surface area contributed by atoms with Gasteiger partial charge in [-0.1, -0.05) is 0 Å². The quantitative estimate of drug-likeness (QED) is 0.730. The van der Waals surface area contributed by atoms with Crippen molar-refractivity contribution in [2.75, 3.05) is 19.8 Å². The Morgan fingerprint density at radius 1 is 1.24 bits per heavy atom. The van der Waals surface area contributed by atoms with E-state index in [4.69, 9.17) is 9.72 Å². The first-order valence-electron chi connectivity index (χ1n) is 9.27. The molecule has 0 atom stereocenters. The molecule has 25 heavy (non-hydrogen) atoms. The van der Waals surface area contributed by atoms with Gasteiger partial charge in [-0.3, -0.25) is 4.79 Å². The average molecular weight is 359 g/mol. The molecule has 5 nitrogen and oxygen atoms in total. The normalized spacial score (nSPS) is 17.2. The molecule has 0 saturated heterocycles. The van der Waals surface area contributed by atoms with Crippen LogP contribution in [0.25, 0.3) is 10.2 Å². The molecule has 0 radical (unpaired) electrons. The molecule has 4 rings (SSSR count). The lowest BCUT2D eigenvalue weighted by atomic mass is 10.1. The SMILES string of the molecule is Cc1nc(C2CC2)nc2sc(C(=O)NCCCOCC3CC3)c(C)c12. The van der Waals surface area contributed by atoms with Crippen LogP contribution in [0.2, 0.25) is 0 Å². The van der Waals surface area contributed by atoms with E-state index >= 15 is 0 Å². The zero-order chi connectivity index (χ0) is 17.4. The van der Waals surface area contributed by atoms with E-state index < -0.39 is 0 Å². The molecule has 0 bridgehead atoms. The third-order valence-corrected chi connectivity index (χ3v) is 6.12. The van der Waals surface area contributed by atoms with Crippen LogP contribution in [0.4, 0.5) is 0 Å². The lowest BCUT2D eigenvalue weighted by Gasteiger charge is -2.05. The maximum Gasteiger partial charge on any atom is 0.261 e. The first kappa shape index (κ1) is 16.9. The van der Waals surface area contributed by atoms with Crippen molar-refractivity contribution in [3.8, 4) is 0 Å². The number of nitrogens with zero attached hydrogens (tertiary/aromatic N) is 2. The van der Waals surface area contributed by atoms with Crippen molar-refractivity contribution in [2.45, 2.75) is 51.9 Å². The largest absolute Gasteiger partial charge is 0.381 e. The second kappa shape index (κ2) is 7.00. The number of carbonyl (C=O) groups excluding carboxylic acids is 1. The van der Waals surface area contributed by atoms with Crippen molar-refractivity contribution >= 4 is 27.5 Å². The van der Waals surface area contributed by atoms with Gasteiger partial charge in [0.25, 0.3) is 5.91 Å². The third kappa shape index (κ3) is 3.85. The lowest BCUT2D eigenvalue weighted by Crippen LogP contribution is -2.25. The van der Waals surface area contributed by atoms with Crippen LogP contribution in [0.1, 0.15) is 64.8 Å². The van der Waals surface area contributed by atoms with Crippen molar-refractivity contribution in [1.29, 1.82) is 0 Å². The number of thiophene rings is 1. The minimum Gasteiger partial charge on any atom is -0.381 e. The number of hydrogen-bond acceptors (Lipinski definition) is 5. The van der Waals surface area contributed by atoms with Crippen molar-refractivity contribution in [1.82, 2.24) is 15.3 Å². The molecule has 2 fully saturated rings. The molecule has 1 amide bonds. The second-order valence-electron chi connectivity index (χ2n) is 7.31. The molecule has 1 N–H and O–H groups in total. The second-order valence-corrected chi connectivity index (χ2v) is 8.30. The maximum absolute atomic E-state index is 12.5. The monoisotopic (exact) mass is 359 g/mol. The van der Waals surface area contributed by atoms with Gasteiger partial charge in [0, 0.05) is 31.1 Å². The minimum atomic E-state index is -0.00457. The summed E-state index contributed by atoms with van der Waals surface area (Å²) in [5.41, 5.74) is 2.00. The highest BCUT2D eigenvalue weighted by molar-refractivity contribution is 7.20. The average Bonchev–Trinajstić information content (AvgIpc) is 3.49. The summed E-state index contributed by atoms with van der Waals surface area (Å²) in [7, 11) is 0. The van der Waals surface area contributed by atoms with Gasteiger partial charge in [0.2, 0.25) is 0 Å².